The molecule has 0 aliphatic carbocycles. The highest BCUT2D eigenvalue weighted by atomic mass is 32.1. The van der Waals surface area contributed by atoms with Crippen LogP contribution in [0.15, 0.2) is 10.4 Å². The van der Waals surface area contributed by atoms with Crippen molar-refractivity contribution in [3.05, 3.63) is 11.1 Å². The van der Waals surface area contributed by atoms with Gasteiger partial charge in [-0.1, -0.05) is 13.3 Å². The van der Waals surface area contributed by atoms with Gasteiger partial charge in [-0.2, -0.15) is 0 Å². The summed E-state index contributed by atoms with van der Waals surface area (Å²) in [5.41, 5.74) is 0.423. The van der Waals surface area contributed by atoms with E-state index >= 15 is 0 Å². The lowest BCUT2D eigenvalue weighted by atomic mass is 10.1. The number of guanidine groups is 1. The van der Waals surface area contributed by atoms with E-state index in [4.69, 9.17) is 4.74 Å². The molecule has 1 amide bonds. The van der Waals surface area contributed by atoms with E-state index in [9.17, 15) is 4.79 Å². The molecule has 0 saturated carbocycles. The standard InChI is InChI=1S/C19H36N6O2S/c1-8-10-14(24-18(26)27-19(3,4)5)11-21-16(20-9-2)22-12-15-13-28-17(23-15)25(6)7/h13-14H,8-12H2,1-7H3,(H,24,26)(H2,20,21,22). The van der Waals surface area contributed by atoms with Gasteiger partial charge in [-0.15, -0.1) is 11.3 Å². The second-order valence-corrected chi connectivity index (χ2v) is 8.56. The Morgan fingerprint density at radius 3 is 2.57 bits per heavy atom. The molecule has 1 rings (SSSR count). The predicted octanol–water partition coefficient (Wildman–Crippen LogP) is 2.96. The minimum absolute atomic E-state index is 0.0386. The number of hydrogen-bond acceptors (Lipinski definition) is 6. The molecule has 1 aromatic rings. The van der Waals surface area contributed by atoms with Crippen LogP contribution in [0.4, 0.5) is 9.93 Å². The molecular weight excluding hydrogens is 376 g/mol. The molecule has 0 aliphatic heterocycles. The third kappa shape index (κ3) is 9.77. The topological polar surface area (TPSA) is 90.9 Å². The molecule has 0 fully saturated rings. The number of nitrogens with zero attached hydrogens (tertiary/aromatic N) is 3. The molecule has 1 aromatic heterocycles. The van der Waals surface area contributed by atoms with Crippen molar-refractivity contribution >= 4 is 28.5 Å². The number of hydrogen-bond donors (Lipinski definition) is 3. The van der Waals surface area contributed by atoms with Crippen LogP contribution in [0.25, 0.3) is 0 Å². The smallest absolute Gasteiger partial charge is 0.407 e. The van der Waals surface area contributed by atoms with Gasteiger partial charge in [0.2, 0.25) is 0 Å². The van der Waals surface area contributed by atoms with Crippen LogP contribution >= 0.6 is 11.3 Å². The maximum atomic E-state index is 12.1. The lowest BCUT2D eigenvalue weighted by Crippen LogP contribution is -2.48. The summed E-state index contributed by atoms with van der Waals surface area (Å²) in [4.78, 5) is 23.2. The summed E-state index contributed by atoms with van der Waals surface area (Å²) in [6, 6.07) is -0.0386. The Kier molecular flexibility index (Phi) is 10.1. The SMILES string of the molecule is CCCC(CNC(=NCc1csc(N(C)C)n1)NCC)NC(=O)OC(C)(C)C. The van der Waals surface area contributed by atoms with E-state index in [0.717, 1.165) is 30.2 Å². The number of ether oxygens (including phenoxy) is 1. The molecule has 0 aromatic carbocycles. The van der Waals surface area contributed by atoms with Crippen molar-refractivity contribution in [3.63, 3.8) is 0 Å². The molecule has 0 saturated heterocycles. The molecule has 9 heteroatoms. The van der Waals surface area contributed by atoms with Crippen LogP contribution in [0.2, 0.25) is 0 Å². The molecular formula is C19H36N6O2S. The fourth-order valence-electron chi connectivity index (χ4n) is 2.34. The summed E-state index contributed by atoms with van der Waals surface area (Å²) in [6.45, 7) is 11.5. The highest BCUT2D eigenvalue weighted by Crippen LogP contribution is 2.18. The van der Waals surface area contributed by atoms with Crippen LogP contribution in [0, 0.1) is 0 Å². The number of thiazole rings is 1. The number of anilines is 1. The second kappa shape index (κ2) is 11.7. The zero-order chi connectivity index (χ0) is 21.2. The minimum Gasteiger partial charge on any atom is -0.444 e. The van der Waals surface area contributed by atoms with Crippen LogP contribution in [0.5, 0.6) is 0 Å². The first kappa shape index (κ1) is 24.0. The number of aromatic nitrogens is 1. The van der Waals surface area contributed by atoms with E-state index in [1.54, 1.807) is 11.3 Å². The maximum Gasteiger partial charge on any atom is 0.407 e. The van der Waals surface area contributed by atoms with Crippen molar-refractivity contribution in [1.82, 2.24) is 20.9 Å². The monoisotopic (exact) mass is 412 g/mol. The molecule has 0 radical (unpaired) electrons. The van der Waals surface area contributed by atoms with Gasteiger partial charge in [0.25, 0.3) is 0 Å². The van der Waals surface area contributed by atoms with E-state index in [1.807, 2.05) is 52.1 Å². The van der Waals surface area contributed by atoms with Crippen molar-refractivity contribution < 1.29 is 9.53 Å². The third-order valence-electron chi connectivity index (χ3n) is 3.54. The minimum atomic E-state index is -0.510. The molecule has 1 atom stereocenters. The van der Waals surface area contributed by atoms with Gasteiger partial charge in [0, 0.05) is 38.6 Å². The summed E-state index contributed by atoms with van der Waals surface area (Å²) in [7, 11) is 3.95. The van der Waals surface area contributed by atoms with E-state index in [0.29, 0.717) is 19.0 Å². The predicted molar refractivity (Wildman–Crippen MR) is 117 cm³/mol. The van der Waals surface area contributed by atoms with Gasteiger partial charge in [0.1, 0.15) is 5.60 Å². The number of rotatable bonds is 9. The molecule has 1 heterocycles. The lowest BCUT2D eigenvalue weighted by Gasteiger charge is -2.24. The largest absolute Gasteiger partial charge is 0.444 e. The number of carbonyl (C=O) groups excluding carboxylic acids is 1. The van der Waals surface area contributed by atoms with Gasteiger partial charge < -0.3 is 25.6 Å². The number of amides is 1. The Balaban J connectivity index is 2.64. The van der Waals surface area contributed by atoms with Crippen LogP contribution in [-0.4, -0.2) is 55.9 Å². The van der Waals surface area contributed by atoms with Crippen LogP contribution in [0.1, 0.15) is 53.2 Å². The Morgan fingerprint density at radius 1 is 1.32 bits per heavy atom. The van der Waals surface area contributed by atoms with Crippen LogP contribution in [0.3, 0.4) is 0 Å². The zero-order valence-corrected chi connectivity index (χ0v) is 19.1. The first-order valence-corrected chi connectivity index (χ1v) is 10.7. The summed E-state index contributed by atoms with van der Waals surface area (Å²) in [5.74, 6) is 0.703. The average Bonchev–Trinajstić information content (AvgIpc) is 3.05. The number of aliphatic imine (C=N–C) groups is 1. The Morgan fingerprint density at radius 2 is 2.04 bits per heavy atom. The molecule has 28 heavy (non-hydrogen) atoms. The van der Waals surface area contributed by atoms with Gasteiger partial charge >= 0.3 is 6.09 Å². The highest BCUT2D eigenvalue weighted by molar-refractivity contribution is 7.13. The maximum absolute atomic E-state index is 12.1. The Bertz CT molecular complexity index is 624. The van der Waals surface area contributed by atoms with Gasteiger partial charge in [-0.25, -0.2) is 14.8 Å². The van der Waals surface area contributed by atoms with Crippen LogP contribution < -0.4 is 20.9 Å². The molecule has 0 spiro atoms. The van der Waals surface area contributed by atoms with Crippen molar-refractivity contribution in [3.8, 4) is 0 Å². The van der Waals surface area contributed by atoms with E-state index in [1.165, 1.54) is 0 Å². The van der Waals surface area contributed by atoms with Crippen molar-refractivity contribution in [1.29, 1.82) is 0 Å². The second-order valence-electron chi connectivity index (χ2n) is 7.72. The van der Waals surface area contributed by atoms with Crippen molar-refractivity contribution in [2.45, 2.75) is 65.6 Å². The fraction of sp³-hybridized carbons (Fsp3) is 0.737. The van der Waals surface area contributed by atoms with E-state index in [-0.39, 0.29) is 6.04 Å². The number of nitrogens with one attached hydrogen (secondary N) is 3. The lowest BCUT2D eigenvalue weighted by molar-refractivity contribution is 0.0502. The van der Waals surface area contributed by atoms with E-state index < -0.39 is 11.7 Å². The van der Waals surface area contributed by atoms with Crippen molar-refractivity contribution in [2.75, 3.05) is 32.1 Å². The van der Waals surface area contributed by atoms with Crippen molar-refractivity contribution in [2.24, 2.45) is 4.99 Å². The normalized spacial score (nSPS) is 13.0. The number of alkyl carbamates (subject to hydrolysis) is 1. The molecule has 1 unspecified atom stereocenters. The third-order valence-corrected chi connectivity index (χ3v) is 4.60. The van der Waals surface area contributed by atoms with Gasteiger partial charge in [-0.3, -0.25) is 0 Å². The van der Waals surface area contributed by atoms with Crippen LogP contribution in [-0.2, 0) is 11.3 Å². The molecule has 0 aliphatic rings. The fourth-order valence-corrected chi connectivity index (χ4v) is 3.09. The quantitative estimate of drug-likeness (QED) is 0.427. The zero-order valence-electron chi connectivity index (χ0n) is 18.3. The first-order chi connectivity index (χ1) is 13.1. The average molecular weight is 413 g/mol. The number of carbonyl (C=O) groups is 1. The summed E-state index contributed by atoms with van der Waals surface area (Å²) >= 11 is 1.60. The van der Waals surface area contributed by atoms with Gasteiger partial charge in [-0.05, 0) is 34.1 Å². The summed E-state index contributed by atoms with van der Waals surface area (Å²) in [6.07, 6.45) is 1.42. The van der Waals surface area contributed by atoms with Gasteiger partial charge in [0.05, 0.1) is 12.2 Å². The molecule has 8 nitrogen and oxygen atoms in total. The highest BCUT2D eigenvalue weighted by Gasteiger charge is 2.19. The Hall–Kier alpha value is -2.03. The summed E-state index contributed by atoms with van der Waals surface area (Å²) < 4.78 is 5.36. The molecule has 0 bridgehead atoms. The molecule has 160 valence electrons. The first-order valence-electron chi connectivity index (χ1n) is 9.78. The summed E-state index contributed by atoms with van der Waals surface area (Å²) in [5, 5.41) is 12.5. The Labute approximate surface area is 173 Å². The van der Waals surface area contributed by atoms with Gasteiger partial charge in [0.15, 0.2) is 11.1 Å². The molecule has 3 N–H and O–H groups in total. The van der Waals surface area contributed by atoms with E-state index in [2.05, 4.69) is 32.9 Å².